The van der Waals surface area contributed by atoms with Crippen molar-refractivity contribution in [1.82, 2.24) is 10.3 Å². The summed E-state index contributed by atoms with van der Waals surface area (Å²) >= 11 is 1.67. The second-order valence-corrected chi connectivity index (χ2v) is 7.49. The van der Waals surface area contributed by atoms with Crippen LogP contribution in [0.1, 0.15) is 21.5 Å². The summed E-state index contributed by atoms with van der Waals surface area (Å²) in [5.41, 5.74) is 3.67. The van der Waals surface area contributed by atoms with Gasteiger partial charge < -0.3 is 10.1 Å². The molecule has 0 fully saturated rings. The lowest BCUT2D eigenvalue weighted by atomic mass is 10.1. The van der Waals surface area contributed by atoms with Crippen LogP contribution in [0.5, 0.6) is 5.75 Å². The Morgan fingerprint density at radius 3 is 2.66 bits per heavy atom. The molecule has 0 aliphatic heterocycles. The molecule has 4 aromatic rings. The Kier molecular flexibility index (Phi) is 5.98. The lowest BCUT2D eigenvalue weighted by molar-refractivity contribution is 0.0950. The number of amides is 1. The molecule has 2 aromatic carbocycles. The zero-order chi connectivity index (χ0) is 19.9. The van der Waals surface area contributed by atoms with E-state index >= 15 is 0 Å². The number of thiophene rings is 1. The van der Waals surface area contributed by atoms with Gasteiger partial charge in [0.25, 0.3) is 5.91 Å². The molecular formula is C24H20N2O2S. The van der Waals surface area contributed by atoms with Crippen molar-refractivity contribution >= 4 is 17.2 Å². The molecule has 0 unspecified atom stereocenters. The van der Waals surface area contributed by atoms with Crippen molar-refractivity contribution in [3.63, 3.8) is 0 Å². The third-order valence-corrected chi connectivity index (χ3v) is 5.32. The molecule has 4 nitrogen and oxygen atoms in total. The Balaban J connectivity index is 1.37. The number of hydrogen-bond acceptors (Lipinski definition) is 4. The summed E-state index contributed by atoms with van der Waals surface area (Å²) in [5, 5.41) is 5.00. The molecule has 144 valence electrons. The molecule has 0 bridgehead atoms. The van der Waals surface area contributed by atoms with Gasteiger partial charge in [0.15, 0.2) is 0 Å². The molecule has 2 aromatic heterocycles. The van der Waals surface area contributed by atoms with E-state index in [9.17, 15) is 4.79 Å². The van der Waals surface area contributed by atoms with Gasteiger partial charge in [0.05, 0.1) is 0 Å². The molecular weight excluding hydrogens is 380 g/mol. The van der Waals surface area contributed by atoms with Crippen molar-refractivity contribution in [2.24, 2.45) is 0 Å². The third kappa shape index (κ3) is 5.09. The first-order valence-corrected chi connectivity index (χ1v) is 10.2. The van der Waals surface area contributed by atoms with E-state index in [1.807, 2.05) is 60.1 Å². The molecule has 0 aliphatic carbocycles. The Morgan fingerprint density at radius 2 is 1.83 bits per heavy atom. The van der Waals surface area contributed by atoms with Gasteiger partial charge in [-0.15, -0.1) is 11.3 Å². The number of aromatic nitrogens is 1. The van der Waals surface area contributed by atoms with Gasteiger partial charge in [-0.1, -0.05) is 42.5 Å². The SMILES string of the molecule is O=C(NCc1cncc(-c2cccs2)c1)c1cccc(OCc2ccccc2)c1. The fourth-order valence-corrected chi connectivity index (χ4v) is 3.62. The highest BCUT2D eigenvalue weighted by Crippen LogP contribution is 2.24. The van der Waals surface area contributed by atoms with Crippen LogP contribution in [0.15, 0.2) is 90.6 Å². The van der Waals surface area contributed by atoms with Crippen molar-refractivity contribution in [1.29, 1.82) is 0 Å². The van der Waals surface area contributed by atoms with E-state index < -0.39 is 0 Å². The number of carbonyl (C=O) groups is 1. The number of nitrogens with one attached hydrogen (secondary N) is 1. The van der Waals surface area contributed by atoms with Crippen LogP contribution in [-0.4, -0.2) is 10.9 Å². The van der Waals surface area contributed by atoms with Crippen molar-refractivity contribution in [2.45, 2.75) is 13.2 Å². The zero-order valence-corrected chi connectivity index (χ0v) is 16.6. The number of ether oxygens (including phenoxy) is 1. The summed E-state index contributed by atoms with van der Waals surface area (Å²) in [6, 6.07) is 23.3. The molecule has 1 N–H and O–H groups in total. The largest absolute Gasteiger partial charge is 0.489 e. The Labute approximate surface area is 173 Å². The number of nitrogens with zero attached hydrogens (tertiary/aromatic N) is 1. The summed E-state index contributed by atoms with van der Waals surface area (Å²) in [6.45, 7) is 0.882. The summed E-state index contributed by atoms with van der Waals surface area (Å²) in [5.74, 6) is 0.527. The average Bonchev–Trinajstić information content (AvgIpc) is 3.32. The summed E-state index contributed by atoms with van der Waals surface area (Å²) in [4.78, 5) is 18.0. The predicted molar refractivity (Wildman–Crippen MR) is 116 cm³/mol. The number of pyridine rings is 1. The van der Waals surface area contributed by atoms with E-state index in [1.54, 1.807) is 29.7 Å². The van der Waals surface area contributed by atoms with Crippen molar-refractivity contribution in [3.8, 4) is 16.2 Å². The Bertz CT molecular complexity index is 1080. The molecule has 5 heteroatoms. The minimum atomic E-state index is -0.142. The van der Waals surface area contributed by atoms with Crippen LogP contribution >= 0.6 is 11.3 Å². The average molecular weight is 401 g/mol. The fraction of sp³-hybridized carbons (Fsp3) is 0.0833. The summed E-state index contributed by atoms with van der Waals surface area (Å²) in [7, 11) is 0. The molecule has 0 aliphatic rings. The van der Waals surface area contributed by atoms with Gasteiger partial charge >= 0.3 is 0 Å². The fourth-order valence-electron chi connectivity index (χ4n) is 2.91. The van der Waals surface area contributed by atoms with E-state index in [2.05, 4.69) is 22.4 Å². The van der Waals surface area contributed by atoms with E-state index in [0.29, 0.717) is 24.5 Å². The van der Waals surface area contributed by atoms with Gasteiger partial charge in [-0.3, -0.25) is 9.78 Å². The maximum absolute atomic E-state index is 12.6. The molecule has 1 amide bonds. The van der Waals surface area contributed by atoms with Gasteiger partial charge in [-0.2, -0.15) is 0 Å². The first kappa shape index (κ1) is 18.9. The van der Waals surface area contributed by atoms with Crippen LogP contribution in [0.3, 0.4) is 0 Å². The van der Waals surface area contributed by atoms with E-state index in [-0.39, 0.29) is 5.91 Å². The van der Waals surface area contributed by atoms with E-state index in [1.165, 1.54) is 0 Å². The standard InChI is InChI=1S/C24H20N2O2S/c27-24(26-15-19-12-21(16-25-14-19)23-10-5-11-29-23)20-8-4-9-22(13-20)28-17-18-6-2-1-3-7-18/h1-14,16H,15,17H2,(H,26,27). The van der Waals surface area contributed by atoms with E-state index in [0.717, 1.165) is 21.6 Å². The van der Waals surface area contributed by atoms with Gasteiger partial charge in [0.1, 0.15) is 12.4 Å². The highest BCUT2D eigenvalue weighted by molar-refractivity contribution is 7.13. The van der Waals surface area contributed by atoms with Crippen molar-refractivity contribution < 1.29 is 9.53 Å². The number of rotatable bonds is 7. The molecule has 0 saturated carbocycles. The molecule has 2 heterocycles. The van der Waals surface area contributed by atoms with Gasteiger partial charge in [0, 0.05) is 34.9 Å². The maximum atomic E-state index is 12.6. The molecule has 4 rings (SSSR count). The Morgan fingerprint density at radius 1 is 0.931 bits per heavy atom. The normalized spacial score (nSPS) is 10.5. The molecule has 29 heavy (non-hydrogen) atoms. The molecule has 0 spiro atoms. The highest BCUT2D eigenvalue weighted by atomic mass is 32.1. The second-order valence-electron chi connectivity index (χ2n) is 6.54. The van der Waals surface area contributed by atoms with Crippen LogP contribution in [0, 0.1) is 0 Å². The van der Waals surface area contributed by atoms with Crippen LogP contribution in [0.2, 0.25) is 0 Å². The first-order valence-electron chi connectivity index (χ1n) is 9.31. The summed E-state index contributed by atoms with van der Waals surface area (Å²) < 4.78 is 5.81. The lowest BCUT2D eigenvalue weighted by Crippen LogP contribution is -2.22. The zero-order valence-electron chi connectivity index (χ0n) is 15.7. The molecule has 0 atom stereocenters. The first-order chi connectivity index (χ1) is 14.3. The lowest BCUT2D eigenvalue weighted by Gasteiger charge is -2.09. The topological polar surface area (TPSA) is 51.2 Å². The minimum absolute atomic E-state index is 0.142. The molecule has 0 saturated heterocycles. The van der Waals surface area contributed by atoms with Crippen molar-refractivity contribution in [3.05, 3.63) is 107 Å². The van der Waals surface area contributed by atoms with Crippen LogP contribution < -0.4 is 10.1 Å². The summed E-state index contributed by atoms with van der Waals surface area (Å²) in [6.07, 6.45) is 3.61. The maximum Gasteiger partial charge on any atom is 0.251 e. The highest BCUT2D eigenvalue weighted by Gasteiger charge is 2.08. The molecule has 0 radical (unpaired) electrons. The number of carbonyl (C=O) groups excluding carboxylic acids is 1. The quantitative estimate of drug-likeness (QED) is 0.457. The minimum Gasteiger partial charge on any atom is -0.489 e. The van der Waals surface area contributed by atoms with Gasteiger partial charge in [0.2, 0.25) is 0 Å². The third-order valence-electron chi connectivity index (χ3n) is 4.40. The van der Waals surface area contributed by atoms with Crippen molar-refractivity contribution in [2.75, 3.05) is 0 Å². The predicted octanol–water partition coefficient (Wildman–Crippen LogP) is 5.32. The van der Waals surface area contributed by atoms with Gasteiger partial charge in [-0.05, 0) is 46.8 Å². The monoisotopic (exact) mass is 400 g/mol. The Hall–Kier alpha value is -3.44. The number of benzene rings is 2. The second kappa shape index (κ2) is 9.17. The van der Waals surface area contributed by atoms with Crippen LogP contribution in [-0.2, 0) is 13.2 Å². The number of hydrogen-bond donors (Lipinski definition) is 1. The van der Waals surface area contributed by atoms with Crippen LogP contribution in [0.4, 0.5) is 0 Å². The van der Waals surface area contributed by atoms with Gasteiger partial charge in [-0.25, -0.2) is 0 Å². The van der Waals surface area contributed by atoms with Crippen LogP contribution in [0.25, 0.3) is 10.4 Å². The van der Waals surface area contributed by atoms with E-state index in [4.69, 9.17) is 4.74 Å². The smallest absolute Gasteiger partial charge is 0.251 e.